The van der Waals surface area contributed by atoms with E-state index in [9.17, 15) is 9.90 Å². The molecule has 1 aliphatic rings. The predicted octanol–water partition coefficient (Wildman–Crippen LogP) is 2.91. The van der Waals surface area contributed by atoms with Gasteiger partial charge in [0.15, 0.2) is 5.96 Å². The number of nitrogens with zero attached hydrogens (tertiary/aromatic N) is 3. The summed E-state index contributed by atoms with van der Waals surface area (Å²) in [6.45, 7) is 6.36. The maximum atomic E-state index is 11.2. The lowest BCUT2D eigenvalue weighted by Gasteiger charge is -2.34. The van der Waals surface area contributed by atoms with Crippen LogP contribution >= 0.6 is 0 Å². The van der Waals surface area contributed by atoms with E-state index in [4.69, 9.17) is 4.99 Å². The van der Waals surface area contributed by atoms with E-state index in [2.05, 4.69) is 53.4 Å². The Morgan fingerprint density at radius 2 is 1.81 bits per heavy atom. The average molecular weight is 366 g/mol. The number of hydrogen-bond acceptors (Lipinski definition) is 3. The van der Waals surface area contributed by atoms with Gasteiger partial charge in [-0.05, 0) is 37.7 Å². The molecule has 142 valence electrons. The number of carbonyl (C=O) groups is 1. The topological polar surface area (TPSA) is 68.2 Å². The number of hydrogen-bond donors (Lipinski definition) is 2. The molecule has 0 aromatic heterocycles. The van der Waals surface area contributed by atoms with Crippen molar-refractivity contribution in [1.82, 2.24) is 9.80 Å². The molecule has 0 unspecified atom stereocenters. The highest BCUT2D eigenvalue weighted by molar-refractivity contribution is 5.95. The Morgan fingerprint density at radius 1 is 1.11 bits per heavy atom. The van der Waals surface area contributed by atoms with Crippen LogP contribution < -0.4 is 5.32 Å². The first kappa shape index (κ1) is 18.9. The molecule has 1 heterocycles. The largest absolute Gasteiger partial charge is 0.478 e. The molecule has 0 spiro atoms. The maximum absolute atomic E-state index is 11.2. The highest BCUT2D eigenvalue weighted by atomic mass is 16.4. The van der Waals surface area contributed by atoms with Crippen molar-refractivity contribution in [2.75, 3.05) is 38.5 Å². The Hall–Kier alpha value is -2.86. The number of aromatic carboxylic acids is 1. The molecule has 0 radical (unpaired) electrons. The van der Waals surface area contributed by atoms with Crippen molar-refractivity contribution in [3.63, 3.8) is 0 Å². The highest BCUT2D eigenvalue weighted by Crippen LogP contribution is 2.13. The molecule has 0 aliphatic carbocycles. The van der Waals surface area contributed by atoms with Gasteiger partial charge in [-0.15, -0.1) is 0 Å². The zero-order valence-corrected chi connectivity index (χ0v) is 15.9. The standard InChI is InChI=1S/C21H26N4O2/c1-16-6-8-17(9-7-16)15-22-21(25-12-10-24(2)11-13-25)23-19-5-3-4-18(14-19)20(26)27/h3-9,14H,10-13,15H2,1-2H3,(H,22,23)(H,26,27). The maximum Gasteiger partial charge on any atom is 0.335 e. The van der Waals surface area contributed by atoms with Gasteiger partial charge < -0.3 is 20.2 Å². The van der Waals surface area contributed by atoms with Crippen LogP contribution in [0.4, 0.5) is 5.69 Å². The molecule has 2 N–H and O–H groups in total. The summed E-state index contributed by atoms with van der Waals surface area (Å²) in [5.74, 6) is -0.150. The lowest BCUT2D eigenvalue weighted by Crippen LogP contribution is -2.49. The van der Waals surface area contributed by atoms with E-state index in [1.165, 1.54) is 5.56 Å². The number of carboxylic acid groups (broad SMARTS) is 1. The van der Waals surface area contributed by atoms with Crippen molar-refractivity contribution in [1.29, 1.82) is 0 Å². The predicted molar refractivity (Wildman–Crippen MR) is 108 cm³/mol. The van der Waals surface area contributed by atoms with Crippen LogP contribution in [-0.2, 0) is 6.54 Å². The lowest BCUT2D eigenvalue weighted by molar-refractivity contribution is 0.0697. The number of guanidine groups is 1. The third kappa shape index (κ3) is 5.31. The average Bonchev–Trinajstić information content (AvgIpc) is 2.67. The molecule has 27 heavy (non-hydrogen) atoms. The smallest absolute Gasteiger partial charge is 0.335 e. The van der Waals surface area contributed by atoms with Gasteiger partial charge in [0.05, 0.1) is 12.1 Å². The van der Waals surface area contributed by atoms with E-state index in [1.807, 2.05) is 6.07 Å². The lowest BCUT2D eigenvalue weighted by atomic mass is 10.1. The molecule has 6 heteroatoms. The first-order valence-corrected chi connectivity index (χ1v) is 9.15. The van der Waals surface area contributed by atoms with Gasteiger partial charge in [0, 0.05) is 31.9 Å². The molecule has 0 amide bonds. The quantitative estimate of drug-likeness (QED) is 0.643. The molecule has 2 aromatic carbocycles. The molecule has 0 atom stereocenters. The summed E-state index contributed by atoms with van der Waals surface area (Å²) < 4.78 is 0. The summed E-state index contributed by atoms with van der Waals surface area (Å²) in [7, 11) is 2.12. The second kappa shape index (κ2) is 8.68. The number of rotatable bonds is 4. The fourth-order valence-electron chi connectivity index (χ4n) is 2.96. The number of nitrogens with one attached hydrogen (secondary N) is 1. The van der Waals surface area contributed by atoms with Crippen LogP contribution in [0.2, 0.25) is 0 Å². The number of carboxylic acids is 1. The molecule has 0 saturated carbocycles. The monoisotopic (exact) mass is 366 g/mol. The van der Waals surface area contributed by atoms with Gasteiger partial charge in [-0.2, -0.15) is 0 Å². The fourth-order valence-corrected chi connectivity index (χ4v) is 2.96. The minimum atomic E-state index is -0.934. The van der Waals surface area contributed by atoms with Crippen molar-refractivity contribution in [3.05, 3.63) is 65.2 Å². The molecule has 1 fully saturated rings. The first-order valence-electron chi connectivity index (χ1n) is 9.15. The first-order chi connectivity index (χ1) is 13.0. The summed E-state index contributed by atoms with van der Waals surface area (Å²) in [5.41, 5.74) is 3.37. The molecule has 0 bridgehead atoms. The van der Waals surface area contributed by atoms with Crippen LogP contribution in [0.3, 0.4) is 0 Å². The van der Waals surface area contributed by atoms with Crippen molar-refractivity contribution in [2.45, 2.75) is 13.5 Å². The molecule has 1 aliphatic heterocycles. The normalized spacial score (nSPS) is 15.6. The fraction of sp³-hybridized carbons (Fsp3) is 0.333. The van der Waals surface area contributed by atoms with E-state index in [0.717, 1.165) is 43.4 Å². The summed E-state index contributed by atoms with van der Waals surface area (Å²) >= 11 is 0. The van der Waals surface area contributed by atoms with E-state index in [0.29, 0.717) is 6.54 Å². The van der Waals surface area contributed by atoms with Gasteiger partial charge in [0.2, 0.25) is 0 Å². The van der Waals surface area contributed by atoms with Gasteiger partial charge in [0.1, 0.15) is 0 Å². The van der Waals surface area contributed by atoms with Crippen molar-refractivity contribution >= 4 is 17.6 Å². The van der Waals surface area contributed by atoms with E-state index >= 15 is 0 Å². The van der Waals surface area contributed by atoms with E-state index in [1.54, 1.807) is 18.2 Å². The van der Waals surface area contributed by atoms with Crippen LogP contribution in [-0.4, -0.2) is 60.1 Å². The van der Waals surface area contributed by atoms with Crippen molar-refractivity contribution in [3.8, 4) is 0 Å². The van der Waals surface area contributed by atoms with E-state index < -0.39 is 5.97 Å². The van der Waals surface area contributed by atoms with Gasteiger partial charge >= 0.3 is 5.97 Å². The summed E-state index contributed by atoms with van der Waals surface area (Å²) in [4.78, 5) is 20.6. The molecule has 1 saturated heterocycles. The van der Waals surface area contributed by atoms with E-state index in [-0.39, 0.29) is 5.56 Å². The van der Waals surface area contributed by atoms with Gasteiger partial charge in [-0.1, -0.05) is 35.9 Å². The highest BCUT2D eigenvalue weighted by Gasteiger charge is 2.18. The van der Waals surface area contributed by atoms with Gasteiger partial charge in [0.25, 0.3) is 0 Å². The number of anilines is 1. The SMILES string of the molecule is Cc1ccc(CN=C(Nc2cccc(C(=O)O)c2)N2CCN(C)CC2)cc1. The molecule has 2 aromatic rings. The Bertz CT molecular complexity index is 809. The second-order valence-electron chi connectivity index (χ2n) is 6.93. The number of benzene rings is 2. The third-order valence-electron chi connectivity index (χ3n) is 4.70. The van der Waals surface area contributed by atoms with Gasteiger partial charge in [-0.3, -0.25) is 0 Å². The number of piperazine rings is 1. The minimum Gasteiger partial charge on any atom is -0.478 e. The molecule has 3 rings (SSSR count). The Morgan fingerprint density at radius 3 is 2.48 bits per heavy atom. The van der Waals surface area contributed by atoms with Crippen LogP contribution in [0.1, 0.15) is 21.5 Å². The second-order valence-corrected chi connectivity index (χ2v) is 6.93. The molecular formula is C21H26N4O2. The zero-order chi connectivity index (χ0) is 19.2. The molecular weight excluding hydrogens is 340 g/mol. The Balaban J connectivity index is 1.80. The van der Waals surface area contributed by atoms with Crippen molar-refractivity contribution in [2.24, 2.45) is 4.99 Å². The van der Waals surface area contributed by atoms with Crippen LogP contribution in [0.15, 0.2) is 53.5 Å². The van der Waals surface area contributed by atoms with Crippen LogP contribution in [0.5, 0.6) is 0 Å². The number of aliphatic imine (C=N–C) groups is 1. The van der Waals surface area contributed by atoms with Gasteiger partial charge in [-0.25, -0.2) is 9.79 Å². The van der Waals surface area contributed by atoms with Crippen molar-refractivity contribution < 1.29 is 9.90 Å². The zero-order valence-electron chi connectivity index (χ0n) is 15.9. The van der Waals surface area contributed by atoms with Crippen LogP contribution in [0.25, 0.3) is 0 Å². The number of likely N-dealkylation sites (N-methyl/N-ethyl adjacent to an activating group) is 1. The Kier molecular flexibility index (Phi) is 6.08. The molecule has 6 nitrogen and oxygen atoms in total. The van der Waals surface area contributed by atoms with Crippen LogP contribution in [0, 0.1) is 6.92 Å². The third-order valence-corrected chi connectivity index (χ3v) is 4.70. The minimum absolute atomic E-state index is 0.260. The summed E-state index contributed by atoms with van der Waals surface area (Å²) in [6.07, 6.45) is 0. The summed E-state index contributed by atoms with van der Waals surface area (Å²) in [5, 5.41) is 12.6. The Labute approximate surface area is 160 Å². The summed E-state index contributed by atoms with van der Waals surface area (Å²) in [6, 6.07) is 15.2. The number of aryl methyl sites for hydroxylation is 1.